The molecule has 0 amide bonds. The molecule has 9 nitrogen and oxygen atoms in total. The van der Waals surface area contributed by atoms with Crippen LogP contribution in [0.1, 0.15) is 6.42 Å². The van der Waals surface area contributed by atoms with Gasteiger partial charge in [-0.3, -0.25) is 9.69 Å². The van der Waals surface area contributed by atoms with E-state index in [0.29, 0.717) is 59.3 Å². The van der Waals surface area contributed by atoms with Gasteiger partial charge in [-0.15, -0.1) is 0 Å². The van der Waals surface area contributed by atoms with E-state index in [-0.39, 0.29) is 6.42 Å². The van der Waals surface area contributed by atoms with Crippen molar-refractivity contribution in [2.24, 2.45) is 5.73 Å². The van der Waals surface area contributed by atoms with Gasteiger partial charge in [-0.1, -0.05) is 6.58 Å². The van der Waals surface area contributed by atoms with Gasteiger partial charge in [0.15, 0.2) is 0 Å². The van der Waals surface area contributed by atoms with Crippen LogP contribution in [-0.2, 0) is 28.5 Å². The number of aliphatic carboxylic acids is 1. The number of hydrogen-bond donors (Lipinski definition) is 2. The third kappa shape index (κ3) is 8.94. The highest BCUT2D eigenvalue weighted by atomic mass is 16.5. The normalized spacial score (nSPS) is 20.5. The second-order valence-electron chi connectivity index (χ2n) is 5.47. The van der Waals surface area contributed by atoms with Gasteiger partial charge in [-0.2, -0.15) is 0 Å². The van der Waals surface area contributed by atoms with Gasteiger partial charge in [0.25, 0.3) is 0 Å². The van der Waals surface area contributed by atoms with Crippen molar-refractivity contribution in [2.75, 3.05) is 59.3 Å². The van der Waals surface area contributed by atoms with Crippen LogP contribution < -0.4 is 5.73 Å². The van der Waals surface area contributed by atoms with Crippen LogP contribution >= 0.6 is 0 Å². The van der Waals surface area contributed by atoms with Gasteiger partial charge in [0.1, 0.15) is 12.1 Å². The number of likely N-dealkylation sites (tertiary alicyclic amines) is 1. The topological polar surface area (TPSA) is 121 Å². The smallest absolute Gasteiger partial charge is 0.330 e. The molecule has 0 radical (unpaired) electrons. The number of ether oxygens (including phenoxy) is 4. The molecule has 1 aliphatic heterocycles. The zero-order valence-electron chi connectivity index (χ0n) is 14.4. The molecular formula is C16H28N2O7. The van der Waals surface area contributed by atoms with E-state index in [1.165, 1.54) is 0 Å². The Morgan fingerprint density at radius 1 is 1.12 bits per heavy atom. The van der Waals surface area contributed by atoms with Gasteiger partial charge in [-0.05, 0) is 0 Å². The van der Waals surface area contributed by atoms with E-state index in [1.54, 1.807) is 4.90 Å². The highest BCUT2D eigenvalue weighted by molar-refractivity contribution is 5.81. The Labute approximate surface area is 147 Å². The van der Waals surface area contributed by atoms with Crippen LogP contribution in [0.25, 0.3) is 0 Å². The zero-order valence-corrected chi connectivity index (χ0v) is 14.4. The molecular weight excluding hydrogens is 332 g/mol. The lowest BCUT2D eigenvalue weighted by atomic mass is 10.2. The van der Waals surface area contributed by atoms with E-state index in [0.717, 1.165) is 6.08 Å². The second kappa shape index (κ2) is 12.8. The summed E-state index contributed by atoms with van der Waals surface area (Å²) in [6.07, 6.45) is 0.896. The van der Waals surface area contributed by atoms with E-state index in [2.05, 4.69) is 6.58 Å². The third-order valence-electron chi connectivity index (χ3n) is 3.63. The van der Waals surface area contributed by atoms with Crippen LogP contribution in [0.5, 0.6) is 0 Å². The molecule has 0 aromatic rings. The number of rotatable bonds is 14. The molecule has 1 rings (SSSR count). The summed E-state index contributed by atoms with van der Waals surface area (Å²) in [5.41, 5.74) is 5.29. The molecule has 1 heterocycles. The molecule has 0 saturated carbocycles. The van der Waals surface area contributed by atoms with E-state index in [1.807, 2.05) is 0 Å². The first-order chi connectivity index (χ1) is 12.1. The molecule has 0 aromatic carbocycles. The summed E-state index contributed by atoms with van der Waals surface area (Å²) in [6, 6.07) is -0.679. The SMILES string of the molecule is C=CC(=O)OC1C[C@@H](C(=O)O)N(CCOCCOCCOCCN)C1. The number of carbonyl (C=O) groups is 2. The van der Waals surface area contributed by atoms with Crippen LogP contribution in [0.3, 0.4) is 0 Å². The molecule has 0 aliphatic carbocycles. The van der Waals surface area contributed by atoms with Crippen molar-refractivity contribution in [3.05, 3.63) is 12.7 Å². The molecule has 1 unspecified atom stereocenters. The van der Waals surface area contributed by atoms with Crippen LogP contribution in [0.4, 0.5) is 0 Å². The molecule has 25 heavy (non-hydrogen) atoms. The minimum Gasteiger partial charge on any atom is -0.480 e. The Kier molecular flexibility index (Phi) is 11.0. The van der Waals surface area contributed by atoms with Gasteiger partial charge < -0.3 is 29.8 Å². The fourth-order valence-electron chi connectivity index (χ4n) is 2.47. The van der Waals surface area contributed by atoms with E-state index < -0.39 is 24.1 Å². The van der Waals surface area contributed by atoms with Crippen molar-refractivity contribution < 1.29 is 33.6 Å². The number of esters is 1. The summed E-state index contributed by atoms with van der Waals surface area (Å²) in [5, 5.41) is 9.27. The number of carbonyl (C=O) groups excluding carboxylic acids is 1. The van der Waals surface area contributed by atoms with Crippen LogP contribution in [0.2, 0.25) is 0 Å². The predicted molar refractivity (Wildman–Crippen MR) is 89.2 cm³/mol. The Bertz CT molecular complexity index is 419. The van der Waals surface area contributed by atoms with Crippen molar-refractivity contribution >= 4 is 11.9 Å². The van der Waals surface area contributed by atoms with Crippen molar-refractivity contribution in [2.45, 2.75) is 18.6 Å². The van der Waals surface area contributed by atoms with Gasteiger partial charge in [0.05, 0.1) is 39.6 Å². The van der Waals surface area contributed by atoms with E-state index in [4.69, 9.17) is 24.7 Å². The van der Waals surface area contributed by atoms with Crippen molar-refractivity contribution in [1.82, 2.24) is 4.90 Å². The quantitative estimate of drug-likeness (QED) is 0.234. The van der Waals surface area contributed by atoms with Gasteiger partial charge in [0.2, 0.25) is 0 Å². The lowest BCUT2D eigenvalue weighted by Crippen LogP contribution is -2.38. The minimum absolute atomic E-state index is 0.265. The van der Waals surface area contributed by atoms with Crippen molar-refractivity contribution in [3.63, 3.8) is 0 Å². The van der Waals surface area contributed by atoms with Gasteiger partial charge in [0, 0.05) is 32.1 Å². The Hall–Kier alpha value is -1.52. The fourth-order valence-corrected chi connectivity index (χ4v) is 2.47. The molecule has 2 atom stereocenters. The summed E-state index contributed by atoms with van der Waals surface area (Å²) >= 11 is 0. The average molecular weight is 360 g/mol. The Morgan fingerprint density at radius 2 is 1.72 bits per heavy atom. The number of carboxylic acid groups (broad SMARTS) is 1. The summed E-state index contributed by atoms with van der Waals surface area (Å²) in [6.45, 7) is 7.35. The highest BCUT2D eigenvalue weighted by Gasteiger charge is 2.38. The molecule has 0 aromatic heterocycles. The lowest BCUT2D eigenvalue weighted by molar-refractivity contribution is -0.144. The minimum atomic E-state index is -0.932. The van der Waals surface area contributed by atoms with Crippen LogP contribution in [0.15, 0.2) is 12.7 Å². The largest absolute Gasteiger partial charge is 0.480 e. The first kappa shape index (κ1) is 21.5. The maximum atomic E-state index is 11.3. The number of hydrogen-bond acceptors (Lipinski definition) is 8. The maximum absolute atomic E-state index is 11.3. The standard InChI is InChI=1S/C16H28N2O7/c1-2-15(19)25-13-11-14(16(20)21)18(12-13)4-6-23-8-10-24-9-7-22-5-3-17/h2,13-14H,1,3-12,17H2,(H,20,21)/t13?,14-/m0/s1. The fraction of sp³-hybridized carbons (Fsp3) is 0.750. The van der Waals surface area contributed by atoms with Crippen LogP contribution in [0, 0.1) is 0 Å². The molecule has 3 N–H and O–H groups in total. The molecule has 9 heteroatoms. The number of nitrogens with two attached hydrogens (primary N) is 1. The highest BCUT2D eigenvalue weighted by Crippen LogP contribution is 2.20. The van der Waals surface area contributed by atoms with Crippen molar-refractivity contribution in [1.29, 1.82) is 0 Å². The molecule has 1 saturated heterocycles. The summed E-state index contributed by atoms with van der Waals surface area (Å²) in [5.74, 6) is -1.47. The first-order valence-corrected chi connectivity index (χ1v) is 8.31. The van der Waals surface area contributed by atoms with Crippen molar-refractivity contribution in [3.8, 4) is 0 Å². The Balaban J connectivity index is 2.14. The zero-order chi connectivity index (χ0) is 18.5. The molecule has 0 spiro atoms. The summed E-state index contributed by atoms with van der Waals surface area (Å²) < 4.78 is 21.1. The van der Waals surface area contributed by atoms with Crippen LogP contribution in [-0.4, -0.2) is 93.4 Å². The van der Waals surface area contributed by atoms with E-state index in [9.17, 15) is 14.7 Å². The number of nitrogens with zero attached hydrogens (tertiary/aromatic N) is 1. The van der Waals surface area contributed by atoms with Gasteiger partial charge >= 0.3 is 11.9 Å². The predicted octanol–water partition coefficient (Wildman–Crippen LogP) is -0.748. The van der Waals surface area contributed by atoms with Gasteiger partial charge in [-0.25, -0.2) is 4.79 Å². The maximum Gasteiger partial charge on any atom is 0.330 e. The number of carboxylic acids is 1. The lowest BCUT2D eigenvalue weighted by Gasteiger charge is -2.20. The molecule has 1 aliphatic rings. The molecule has 144 valence electrons. The molecule has 1 fully saturated rings. The van der Waals surface area contributed by atoms with E-state index >= 15 is 0 Å². The second-order valence-corrected chi connectivity index (χ2v) is 5.47. The Morgan fingerprint density at radius 3 is 2.28 bits per heavy atom. The average Bonchev–Trinajstić information content (AvgIpc) is 2.99. The summed E-state index contributed by atoms with van der Waals surface area (Å²) in [7, 11) is 0. The first-order valence-electron chi connectivity index (χ1n) is 8.31. The monoisotopic (exact) mass is 360 g/mol. The third-order valence-corrected chi connectivity index (χ3v) is 3.63. The summed E-state index contributed by atoms with van der Waals surface area (Å²) in [4.78, 5) is 24.3. The molecule has 0 bridgehead atoms.